The van der Waals surface area contributed by atoms with E-state index in [1.165, 1.54) is 141 Å². The predicted molar refractivity (Wildman–Crippen MR) is 155 cm³/mol. The zero-order valence-electron chi connectivity index (χ0n) is 25.2. The van der Waals surface area contributed by atoms with E-state index in [-0.39, 0.29) is 63.9 Å². The fourth-order valence-electron chi connectivity index (χ4n) is 4.87. The molecular formula is C31H61KO4S. The van der Waals surface area contributed by atoms with Crippen LogP contribution in [0.1, 0.15) is 174 Å². The van der Waals surface area contributed by atoms with Crippen LogP contribution in [-0.2, 0) is 14.6 Å². The maximum absolute atomic E-state index is 10.9. The van der Waals surface area contributed by atoms with Crippen LogP contribution >= 0.6 is 0 Å². The molecule has 0 aliphatic carbocycles. The van der Waals surface area contributed by atoms with Crippen LogP contribution in [0.2, 0.25) is 0 Å². The molecule has 0 aromatic heterocycles. The van der Waals surface area contributed by atoms with Crippen LogP contribution in [-0.4, -0.2) is 19.6 Å². The summed E-state index contributed by atoms with van der Waals surface area (Å²) in [6, 6.07) is 0. The molecule has 37 heavy (non-hydrogen) atoms. The summed E-state index contributed by atoms with van der Waals surface area (Å²) in [5.74, 6) is 0.0182. The molecule has 0 aliphatic rings. The molecule has 4 nitrogen and oxygen atoms in total. The van der Waals surface area contributed by atoms with E-state index in [9.17, 15) is 13.0 Å². The molecule has 0 bridgehead atoms. The Morgan fingerprint density at radius 1 is 0.595 bits per heavy atom. The monoisotopic (exact) mass is 568 g/mol. The summed E-state index contributed by atoms with van der Waals surface area (Å²) in [6.07, 6.45) is 36.6. The standard InChI is InChI=1S/C31H62O4S.K/c1-3-5-7-9-11-13-15-16-17-19-21-23-25-27-29-31(30-35-36(32,33)34)28-26-24-22-20-18-14-12-10-8-6-4-2;/h27,29,31H,3-26,28,30H2,1-2H3,(H,32,33,34);/q;+1/p-1/b29-27+;. The number of unbranched alkanes of at least 4 members (excludes halogenated alkanes) is 22. The van der Waals surface area contributed by atoms with Gasteiger partial charge in [0.15, 0.2) is 0 Å². The van der Waals surface area contributed by atoms with E-state index in [1.807, 2.05) is 0 Å². The Bertz CT molecular complexity index is 566. The largest absolute Gasteiger partial charge is 1.00 e. The van der Waals surface area contributed by atoms with Crippen molar-refractivity contribution in [3.05, 3.63) is 12.2 Å². The van der Waals surface area contributed by atoms with Gasteiger partial charge in [-0.3, -0.25) is 4.18 Å². The Hall–Kier alpha value is 1.25. The molecule has 0 N–H and O–H groups in total. The zero-order chi connectivity index (χ0) is 26.6. The summed E-state index contributed by atoms with van der Waals surface area (Å²) in [5, 5.41) is 0. The van der Waals surface area contributed by atoms with Crippen LogP contribution < -0.4 is 51.4 Å². The molecule has 1 unspecified atom stereocenters. The van der Waals surface area contributed by atoms with Gasteiger partial charge in [0.2, 0.25) is 10.4 Å². The topological polar surface area (TPSA) is 66.4 Å². The molecule has 6 heteroatoms. The van der Waals surface area contributed by atoms with Gasteiger partial charge in [-0.2, -0.15) is 0 Å². The molecule has 0 heterocycles. The smallest absolute Gasteiger partial charge is 0.726 e. The number of rotatable bonds is 29. The Kier molecular flexibility index (Phi) is 34.7. The van der Waals surface area contributed by atoms with Gasteiger partial charge in [0.25, 0.3) is 0 Å². The van der Waals surface area contributed by atoms with Crippen LogP contribution in [0.5, 0.6) is 0 Å². The molecular weight excluding hydrogens is 508 g/mol. The van der Waals surface area contributed by atoms with E-state index in [0.29, 0.717) is 0 Å². The quantitative estimate of drug-likeness (QED) is 0.0309. The summed E-state index contributed by atoms with van der Waals surface area (Å²) >= 11 is 0. The Labute approximate surface area is 275 Å². The van der Waals surface area contributed by atoms with E-state index in [4.69, 9.17) is 0 Å². The second-order valence-electron chi connectivity index (χ2n) is 10.9. The summed E-state index contributed by atoms with van der Waals surface area (Å²) in [5.41, 5.74) is 0. The third-order valence-corrected chi connectivity index (χ3v) is 7.66. The van der Waals surface area contributed by atoms with E-state index in [1.54, 1.807) is 0 Å². The van der Waals surface area contributed by atoms with Gasteiger partial charge in [-0.1, -0.05) is 167 Å². The van der Waals surface area contributed by atoms with Crippen molar-refractivity contribution in [2.45, 2.75) is 174 Å². The summed E-state index contributed by atoms with van der Waals surface area (Å²) < 4.78 is 37.3. The first-order valence-electron chi connectivity index (χ1n) is 15.8. The van der Waals surface area contributed by atoms with Gasteiger partial charge in [0.05, 0.1) is 6.61 Å². The second-order valence-corrected chi connectivity index (χ2v) is 11.9. The first-order valence-corrected chi connectivity index (χ1v) is 17.1. The summed E-state index contributed by atoms with van der Waals surface area (Å²) in [6.45, 7) is 4.51. The normalized spacial score (nSPS) is 12.7. The number of hydrogen-bond donors (Lipinski definition) is 0. The van der Waals surface area contributed by atoms with Crippen molar-refractivity contribution in [2.24, 2.45) is 5.92 Å². The van der Waals surface area contributed by atoms with E-state index in [2.05, 4.69) is 30.2 Å². The van der Waals surface area contributed by atoms with Crippen molar-refractivity contribution in [1.29, 1.82) is 0 Å². The third kappa shape index (κ3) is 35.2. The molecule has 0 aromatic carbocycles. The average Bonchev–Trinajstić information content (AvgIpc) is 2.84. The van der Waals surface area contributed by atoms with Crippen LogP contribution in [0, 0.1) is 5.92 Å². The minimum Gasteiger partial charge on any atom is -0.726 e. The van der Waals surface area contributed by atoms with Gasteiger partial charge in [-0.15, -0.1) is 0 Å². The Morgan fingerprint density at radius 2 is 0.946 bits per heavy atom. The maximum atomic E-state index is 10.9. The van der Waals surface area contributed by atoms with E-state index >= 15 is 0 Å². The molecule has 0 aliphatic heterocycles. The second kappa shape index (κ2) is 31.8. The maximum Gasteiger partial charge on any atom is 1.00 e. The van der Waals surface area contributed by atoms with Crippen molar-refractivity contribution >= 4 is 10.4 Å². The number of allylic oxidation sites excluding steroid dienone is 1. The number of hydrogen-bond acceptors (Lipinski definition) is 4. The van der Waals surface area contributed by atoms with Gasteiger partial charge in [-0.25, -0.2) is 8.42 Å². The molecule has 0 spiro atoms. The molecule has 0 aromatic rings. The van der Waals surface area contributed by atoms with Gasteiger partial charge in [0.1, 0.15) is 0 Å². The van der Waals surface area contributed by atoms with Gasteiger partial charge in [-0.05, 0) is 19.3 Å². The molecule has 0 amide bonds. The first kappa shape index (κ1) is 40.4. The van der Waals surface area contributed by atoms with Crippen LogP contribution in [0.25, 0.3) is 0 Å². The minimum atomic E-state index is -4.62. The molecule has 0 rings (SSSR count). The van der Waals surface area contributed by atoms with Gasteiger partial charge < -0.3 is 4.55 Å². The van der Waals surface area contributed by atoms with Gasteiger partial charge in [0, 0.05) is 5.92 Å². The molecule has 0 saturated heterocycles. The van der Waals surface area contributed by atoms with Crippen molar-refractivity contribution in [2.75, 3.05) is 6.61 Å². The van der Waals surface area contributed by atoms with Crippen molar-refractivity contribution in [3.8, 4) is 0 Å². The summed E-state index contributed by atoms with van der Waals surface area (Å²) in [7, 11) is -4.62. The fraction of sp³-hybridized carbons (Fsp3) is 0.935. The minimum absolute atomic E-state index is 0. The molecule has 0 radical (unpaired) electrons. The Morgan fingerprint density at radius 3 is 1.32 bits per heavy atom. The zero-order valence-corrected chi connectivity index (χ0v) is 29.1. The molecule has 0 fully saturated rings. The first-order chi connectivity index (χ1) is 17.5. The van der Waals surface area contributed by atoms with Crippen LogP contribution in [0.3, 0.4) is 0 Å². The van der Waals surface area contributed by atoms with Gasteiger partial charge >= 0.3 is 51.4 Å². The van der Waals surface area contributed by atoms with Crippen LogP contribution in [0.15, 0.2) is 12.2 Å². The average molecular weight is 569 g/mol. The predicted octanol–water partition coefficient (Wildman–Crippen LogP) is 7.43. The van der Waals surface area contributed by atoms with E-state index < -0.39 is 10.4 Å². The molecule has 0 saturated carbocycles. The van der Waals surface area contributed by atoms with Crippen molar-refractivity contribution < 1.29 is 68.5 Å². The Balaban J connectivity index is 0. The van der Waals surface area contributed by atoms with E-state index in [0.717, 1.165) is 19.3 Å². The van der Waals surface area contributed by atoms with Crippen molar-refractivity contribution in [1.82, 2.24) is 0 Å². The SMILES string of the molecule is CCCCCCCCCCCCCC/C=C/C(CCCCCCCCCCCCC)COS(=O)(=O)[O-].[K+]. The molecule has 1 atom stereocenters. The van der Waals surface area contributed by atoms with Crippen molar-refractivity contribution in [3.63, 3.8) is 0 Å². The third-order valence-electron chi connectivity index (χ3n) is 7.24. The molecule has 216 valence electrons. The fourth-order valence-corrected chi connectivity index (χ4v) is 5.21. The summed E-state index contributed by atoms with van der Waals surface area (Å²) in [4.78, 5) is 0. The van der Waals surface area contributed by atoms with Crippen LogP contribution in [0.4, 0.5) is 0 Å².